The van der Waals surface area contributed by atoms with Crippen molar-refractivity contribution in [2.75, 3.05) is 0 Å². The molecule has 0 radical (unpaired) electrons. The van der Waals surface area contributed by atoms with Crippen LogP contribution in [0.4, 0.5) is 0 Å². The van der Waals surface area contributed by atoms with Crippen LogP contribution in [0.3, 0.4) is 0 Å². The Labute approximate surface area is 117 Å². The minimum Gasteiger partial charge on any atom is -0.325 e. The standard InChI is InChI=1S/C18H27N/c1-13-8-9-18(19,11-14(13)2)12-15-6-7-16-4-3-5-17(16)10-15/h6-7,10,13-14H,3-5,8-9,11-12,19H2,1-2H3. The highest BCUT2D eigenvalue weighted by Gasteiger charge is 2.34. The third kappa shape index (κ3) is 2.72. The van der Waals surface area contributed by atoms with E-state index in [1.807, 2.05) is 0 Å². The van der Waals surface area contributed by atoms with Gasteiger partial charge in [-0.15, -0.1) is 0 Å². The van der Waals surface area contributed by atoms with Crippen LogP contribution in [0.15, 0.2) is 18.2 Å². The van der Waals surface area contributed by atoms with Crippen molar-refractivity contribution in [2.45, 2.75) is 64.3 Å². The molecule has 0 aliphatic heterocycles. The first-order valence-electron chi connectivity index (χ1n) is 7.95. The normalized spacial score (nSPS) is 34.3. The fourth-order valence-electron chi connectivity index (χ4n) is 4.05. The number of fused-ring (bicyclic) bond motifs is 1. The Morgan fingerprint density at radius 1 is 1.16 bits per heavy atom. The zero-order valence-electron chi connectivity index (χ0n) is 12.4. The molecule has 1 aromatic carbocycles. The van der Waals surface area contributed by atoms with Gasteiger partial charge in [-0.25, -0.2) is 0 Å². The van der Waals surface area contributed by atoms with Crippen molar-refractivity contribution in [1.82, 2.24) is 0 Å². The van der Waals surface area contributed by atoms with Crippen LogP contribution < -0.4 is 5.73 Å². The molecule has 2 N–H and O–H groups in total. The molecule has 1 heteroatoms. The van der Waals surface area contributed by atoms with E-state index in [1.165, 1.54) is 44.1 Å². The lowest BCUT2D eigenvalue weighted by atomic mass is 9.69. The van der Waals surface area contributed by atoms with Crippen LogP contribution in [0, 0.1) is 11.8 Å². The van der Waals surface area contributed by atoms with Crippen molar-refractivity contribution in [3.05, 3.63) is 34.9 Å². The molecule has 3 unspecified atom stereocenters. The molecule has 1 saturated carbocycles. The quantitative estimate of drug-likeness (QED) is 0.855. The second-order valence-corrected chi connectivity index (χ2v) is 7.19. The molecule has 19 heavy (non-hydrogen) atoms. The van der Waals surface area contributed by atoms with Crippen LogP contribution in [0.5, 0.6) is 0 Å². The molecular formula is C18H27N. The minimum absolute atomic E-state index is 0.0404. The maximum Gasteiger partial charge on any atom is 0.0197 e. The van der Waals surface area contributed by atoms with Crippen molar-refractivity contribution in [1.29, 1.82) is 0 Å². The van der Waals surface area contributed by atoms with Gasteiger partial charge in [-0.2, -0.15) is 0 Å². The van der Waals surface area contributed by atoms with Crippen LogP contribution in [-0.4, -0.2) is 5.54 Å². The molecule has 3 atom stereocenters. The Morgan fingerprint density at radius 3 is 2.74 bits per heavy atom. The van der Waals surface area contributed by atoms with Crippen molar-refractivity contribution < 1.29 is 0 Å². The molecule has 1 aromatic rings. The lowest BCUT2D eigenvalue weighted by molar-refractivity contribution is 0.176. The number of benzene rings is 1. The summed E-state index contributed by atoms with van der Waals surface area (Å²) in [5.74, 6) is 1.62. The molecule has 1 fully saturated rings. The molecule has 0 bridgehead atoms. The average molecular weight is 257 g/mol. The summed E-state index contributed by atoms with van der Waals surface area (Å²) in [5, 5.41) is 0. The predicted molar refractivity (Wildman–Crippen MR) is 81.3 cm³/mol. The highest BCUT2D eigenvalue weighted by Crippen LogP contribution is 2.37. The zero-order chi connectivity index (χ0) is 13.5. The van der Waals surface area contributed by atoms with Gasteiger partial charge in [0.25, 0.3) is 0 Å². The summed E-state index contributed by atoms with van der Waals surface area (Å²) in [6.07, 6.45) is 8.62. The Balaban J connectivity index is 1.74. The fourth-order valence-corrected chi connectivity index (χ4v) is 4.05. The second-order valence-electron chi connectivity index (χ2n) is 7.19. The first kappa shape index (κ1) is 13.2. The van der Waals surface area contributed by atoms with Gasteiger partial charge in [-0.05, 0) is 73.5 Å². The zero-order valence-corrected chi connectivity index (χ0v) is 12.4. The average Bonchev–Trinajstić information content (AvgIpc) is 2.81. The smallest absolute Gasteiger partial charge is 0.0197 e. The van der Waals surface area contributed by atoms with Crippen LogP contribution in [0.1, 0.15) is 56.2 Å². The maximum absolute atomic E-state index is 6.69. The Kier molecular flexibility index (Phi) is 3.42. The lowest BCUT2D eigenvalue weighted by Crippen LogP contribution is -2.47. The first-order chi connectivity index (χ1) is 9.06. The Hall–Kier alpha value is -0.820. The summed E-state index contributed by atoms with van der Waals surface area (Å²) in [7, 11) is 0. The van der Waals surface area contributed by atoms with Gasteiger partial charge in [0.2, 0.25) is 0 Å². The van der Waals surface area contributed by atoms with Crippen molar-refractivity contribution in [3.8, 4) is 0 Å². The first-order valence-corrected chi connectivity index (χ1v) is 7.95. The number of aryl methyl sites for hydroxylation is 2. The van der Waals surface area contributed by atoms with Gasteiger partial charge in [0.15, 0.2) is 0 Å². The van der Waals surface area contributed by atoms with Gasteiger partial charge in [0, 0.05) is 5.54 Å². The van der Waals surface area contributed by atoms with E-state index in [1.54, 1.807) is 11.1 Å². The van der Waals surface area contributed by atoms with Gasteiger partial charge in [-0.3, -0.25) is 0 Å². The van der Waals surface area contributed by atoms with Gasteiger partial charge in [0.1, 0.15) is 0 Å². The summed E-state index contributed by atoms with van der Waals surface area (Å²) in [4.78, 5) is 0. The SMILES string of the molecule is CC1CCC(N)(Cc2ccc3c(c2)CCC3)CC1C. The fraction of sp³-hybridized carbons (Fsp3) is 0.667. The third-order valence-electron chi connectivity index (χ3n) is 5.52. The molecule has 104 valence electrons. The van der Waals surface area contributed by atoms with Gasteiger partial charge in [0.05, 0.1) is 0 Å². The van der Waals surface area contributed by atoms with Crippen LogP contribution in [0.2, 0.25) is 0 Å². The predicted octanol–water partition coefficient (Wildman–Crippen LogP) is 3.87. The topological polar surface area (TPSA) is 26.0 Å². The van der Waals surface area contributed by atoms with Crippen LogP contribution in [0.25, 0.3) is 0 Å². The van der Waals surface area contributed by atoms with E-state index < -0.39 is 0 Å². The molecule has 1 nitrogen and oxygen atoms in total. The molecule has 2 aliphatic carbocycles. The molecule has 2 aliphatic rings. The molecule has 0 spiro atoms. The van der Waals surface area contributed by atoms with E-state index in [-0.39, 0.29) is 5.54 Å². The van der Waals surface area contributed by atoms with E-state index >= 15 is 0 Å². The molecule has 3 rings (SSSR count). The number of hydrogen-bond donors (Lipinski definition) is 1. The van der Waals surface area contributed by atoms with E-state index in [0.717, 1.165) is 18.3 Å². The van der Waals surface area contributed by atoms with E-state index in [2.05, 4.69) is 32.0 Å². The minimum atomic E-state index is 0.0404. The number of rotatable bonds is 2. The summed E-state index contributed by atoms with van der Waals surface area (Å²) < 4.78 is 0. The lowest BCUT2D eigenvalue weighted by Gasteiger charge is -2.40. The summed E-state index contributed by atoms with van der Waals surface area (Å²) in [6.45, 7) is 4.74. The van der Waals surface area contributed by atoms with Gasteiger partial charge in [-0.1, -0.05) is 32.0 Å². The Morgan fingerprint density at radius 2 is 1.95 bits per heavy atom. The van der Waals surface area contributed by atoms with E-state index in [0.29, 0.717) is 0 Å². The Bertz CT molecular complexity index is 465. The van der Waals surface area contributed by atoms with E-state index in [4.69, 9.17) is 5.73 Å². The van der Waals surface area contributed by atoms with Crippen LogP contribution >= 0.6 is 0 Å². The van der Waals surface area contributed by atoms with Crippen LogP contribution in [-0.2, 0) is 19.3 Å². The summed E-state index contributed by atoms with van der Waals surface area (Å²) in [5.41, 5.74) is 11.3. The second kappa shape index (κ2) is 4.94. The molecule has 0 aromatic heterocycles. The summed E-state index contributed by atoms with van der Waals surface area (Å²) >= 11 is 0. The third-order valence-corrected chi connectivity index (χ3v) is 5.52. The highest BCUT2D eigenvalue weighted by atomic mass is 14.7. The molecule has 0 heterocycles. The summed E-state index contributed by atoms with van der Waals surface area (Å²) in [6, 6.07) is 7.09. The number of nitrogens with two attached hydrogens (primary N) is 1. The van der Waals surface area contributed by atoms with Crippen molar-refractivity contribution in [2.24, 2.45) is 17.6 Å². The molecule has 0 saturated heterocycles. The largest absolute Gasteiger partial charge is 0.325 e. The molecular weight excluding hydrogens is 230 g/mol. The maximum atomic E-state index is 6.69. The van der Waals surface area contributed by atoms with Crippen molar-refractivity contribution in [3.63, 3.8) is 0 Å². The van der Waals surface area contributed by atoms with Crippen molar-refractivity contribution >= 4 is 0 Å². The van der Waals surface area contributed by atoms with Gasteiger partial charge < -0.3 is 5.73 Å². The van der Waals surface area contributed by atoms with E-state index in [9.17, 15) is 0 Å². The monoisotopic (exact) mass is 257 g/mol. The molecule has 0 amide bonds. The highest BCUT2D eigenvalue weighted by molar-refractivity contribution is 5.36. The number of hydrogen-bond acceptors (Lipinski definition) is 1. The van der Waals surface area contributed by atoms with Gasteiger partial charge >= 0.3 is 0 Å².